The van der Waals surface area contributed by atoms with Crippen LogP contribution in [-0.4, -0.2) is 34.0 Å². The summed E-state index contributed by atoms with van der Waals surface area (Å²) in [6, 6.07) is 14.0. The van der Waals surface area contributed by atoms with E-state index in [1.807, 2.05) is 50.6 Å². The minimum absolute atomic E-state index is 0.563. The number of aromatic nitrogens is 4. The number of hydrogen-bond donors (Lipinski definition) is 2. The van der Waals surface area contributed by atoms with Crippen molar-refractivity contribution in [2.45, 2.75) is 0 Å². The fourth-order valence-electron chi connectivity index (χ4n) is 2.71. The number of nitrogens with one attached hydrogen (secondary N) is 2. The molecule has 6 heteroatoms. The molecule has 0 saturated carbocycles. The summed E-state index contributed by atoms with van der Waals surface area (Å²) in [5, 5.41) is 4.30. The van der Waals surface area contributed by atoms with Gasteiger partial charge < -0.3 is 15.2 Å². The number of nitrogens with zero attached hydrogens (tertiary/aromatic N) is 4. The van der Waals surface area contributed by atoms with E-state index in [9.17, 15) is 0 Å². The van der Waals surface area contributed by atoms with Crippen molar-refractivity contribution in [3.8, 4) is 11.3 Å². The Morgan fingerprint density at radius 3 is 2.60 bits per heavy atom. The van der Waals surface area contributed by atoms with Crippen molar-refractivity contribution in [2.24, 2.45) is 0 Å². The van der Waals surface area contributed by atoms with Crippen molar-refractivity contribution in [3.63, 3.8) is 0 Å². The number of pyridine rings is 1. The van der Waals surface area contributed by atoms with Gasteiger partial charge in [0, 0.05) is 55.0 Å². The standard InChI is InChI=1S/C19H18N6/c1-25(2)14-7-5-13(6-8-14)23-19-21-11-9-17(24-19)16-12-22-18-15(16)4-3-10-20-18/h3-12H,1-2H3,(H,20,22)(H,21,23,24). The summed E-state index contributed by atoms with van der Waals surface area (Å²) in [6.07, 6.45) is 5.46. The molecule has 0 aliphatic carbocycles. The first-order valence-corrected chi connectivity index (χ1v) is 8.00. The van der Waals surface area contributed by atoms with Crippen molar-refractivity contribution in [1.29, 1.82) is 0 Å². The van der Waals surface area contributed by atoms with Crippen LogP contribution < -0.4 is 10.2 Å². The molecule has 0 radical (unpaired) electrons. The van der Waals surface area contributed by atoms with Crippen LogP contribution in [0.2, 0.25) is 0 Å². The van der Waals surface area contributed by atoms with E-state index in [1.165, 1.54) is 0 Å². The number of benzene rings is 1. The van der Waals surface area contributed by atoms with Crippen LogP contribution in [0.4, 0.5) is 17.3 Å². The van der Waals surface area contributed by atoms with Crippen LogP contribution in [0.25, 0.3) is 22.3 Å². The Kier molecular flexibility index (Phi) is 3.78. The SMILES string of the molecule is CN(C)c1ccc(Nc2nccc(-c3c[nH]c4ncccc34)n2)cc1. The van der Waals surface area contributed by atoms with Crippen molar-refractivity contribution < 1.29 is 0 Å². The van der Waals surface area contributed by atoms with Gasteiger partial charge in [0.2, 0.25) is 5.95 Å². The van der Waals surface area contributed by atoms with Gasteiger partial charge in [-0.05, 0) is 42.5 Å². The zero-order chi connectivity index (χ0) is 17.2. The second-order valence-electron chi connectivity index (χ2n) is 5.93. The van der Waals surface area contributed by atoms with Gasteiger partial charge >= 0.3 is 0 Å². The lowest BCUT2D eigenvalue weighted by Crippen LogP contribution is -2.08. The fraction of sp³-hybridized carbons (Fsp3) is 0.105. The lowest BCUT2D eigenvalue weighted by molar-refractivity contribution is 1.13. The Labute approximate surface area is 145 Å². The van der Waals surface area contributed by atoms with E-state index in [4.69, 9.17) is 0 Å². The van der Waals surface area contributed by atoms with Crippen LogP contribution in [-0.2, 0) is 0 Å². The van der Waals surface area contributed by atoms with E-state index in [1.54, 1.807) is 12.4 Å². The molecule has 0 amide bonds. The minimum atomic E-state index is 0.563. The maximum absolute atomic E-state index is 4.64. The van der Waals surface area contributed by atoms with E-state index in [0.29, 0.717) is 5.95 Å². The summed E-state index contributed by atoms with van der Waals surface area (Å²) < 4.78 is 0. The molecule has 4 aromatic rings. The number of fused-ring (bicyclic) bond motifs is 1. The maximum Gasteiger partial charge on any atom is 0.227 e. The van der Waals surface area contributed by atoms with Crippen molar-refractivity contribution in [1.82, 2.24) is 19.9 Å². The van der Waals surface area contributed by atoms with Crippen LogP contribution in [0.3, 0.4) is 0 Å². The van der Waals surface area contributed by atoms with Crippen molar-refractivity contribution in [3.05, 3.63) is 61.1 Å². The predicted octanol–water partition coefficient (Wildman–Crippen LogP) is 3.83. The molecule has 0 bridgehead atoms. The molecule has 4 rings (SSSR count). The highest BCUT2D eigenvalue weighted by Crippen LogP contribution is 2.27. The first-order valence-electron chi connectivity index (χ1n) is 8.00. The number of hydrogen-bond acceptors (Lipinski definition) is 5. The summed E-state index contributed by atoms with van der Waals surface area (Å²) in [4.78, 5) is 18.5. The van der Waals surface area contributed by atoms with Crippen molar-refractivity contribution in [2.75, 3.05) is 24.3 Å². The summed E-state index contributed by atoms with van der Waals surface area (Å²) in [5.41, 5.74) is 4.80. The lowest BCUT2D eigenvalue weighted by Gasteiger charge is -2.13. The zero-order valence-electron chi connectivity index (χ0n) is 14.1. The van der Waals surface area contributed by atoms with Crippen LogP contribution in [0, 0.1) is 0 Å². The molecule has 0 spiro atoms. The summed E-state index contributed by atoms with van der Waals surface area (Å²) in [7, 11) is 4.04. The molecule has 3 aromatic heterocycles. The summed E-state index contributed by atoms with van der Waals surface area (Å²) in [5.74, 6) is 0.563. The molecule has 0 saturated heterocycles. The molecule has 25 heavy (non-hydrogen) atoms. The van der Waals surface area contributed by atoms with Crippen LogP contribution in [0.5, 0.6) is 0 Å². The monoisotopic (exact) mass is 330 g/mol. The molecule has 0 atom stereocenters. The van der Waals surface area contributed by atoms with Gasteiger partial charge in [-0.15, -0.1) is 0 Å². The van der Waals surface area contributed by atoms with Gasteiger partial charge in [-0.25, -0.2) is 15.0 Å². The fourth-order valence-corrected chi connectivity index (χ4v) is 2.71. The quantitative estimate of drug-likeness (QED) is 0.595. The Bertz CT molecular complexity index is 1000. The minimum Gasteiger partial charge on any atom is -0.378 e. The molecule has 0 aliphatic heterocycles. The van der Waals surface area contributed by atoms with Gasteiger partial charge in [-0.1, -0.05) is 0 Å². The van der Waals surface area contributed by atoms with Crippen LogP contribution in [0.15, 0.2) is 61.1 Å². The Hall–Kier alpha value is -3.41. The van der Waals surface area contributed by atoms with Crippen LogP contribution in [0.1, 0.15) is 0 Å². The molecule has 3 heterocycles. The highest BCUT2D eigenvalue weighted by atomic mass is 15.1. The van der Waals surface area contributed by atoms with E-state index in [-0.39, 0.29) is 0 Å². The molecule has 0 unspecified atom stereocenters. The molecular weight excluding hydrogens is 312 g/mol. The number of H-pyrrole nitrogens is 1. The second-order valence-corrected chi connectivity index (χ2v) is 5.93. The van der Waals surface area contributed by atoms with Gasteiger partial charge in [-0.3, -0.25) is 0 Å². The third kappa shape index (κ3) is 3.01. The highest BCUT2D eigenvalue weighted by Gasteiger charge is 2.09. The van der Waals surface area contributed by atoms with E-state index in [2.05, 4.69) is 42.3 Å². The Morgan fingerprint density at radius 2 is 1.80 bits per heavy atom. The smallest absolute Gasteiger partial charge is 0.227 e. The van der Waals surface area contributed by atoms with Crippen molar-refractivity contribution >= 4 is 28.4 Å². The summed E-state index contributed by atoms with van der Waals surface area (Å²) in [6.45, 7) is 0. The first kappa shape index (κ1) is 15.1. The second kappa shape index (κ2) is 6.24. The van der Waals surface area contributed by atoms with Gasteiger partial charge in [0.25, 0.3) is 0 Å². The van der Waals surface area contributed by atoms with Crippen LogP contribution >= 0.6 is 0 Å². The average molecular weight is 330 g/mol. The Balaban J connectivity index is 1.63. The molecule has 1 aromatic carbocycles. The Morgan fingerprint density at radius 1 is 0.960 bits per heavy atom. The molecule has 6 nitrogen and oxygen atoms in total. The largest absolute Gasteiger partial charge is 0.378 e. The third-order valence-electron chi connectivity index (χ3n) is 4.02. The maximum atomic E-state index is 4.64. The molecule has 0 aliphatic rings. The van der Waals surface area contributed by atoms with Gasteiger partial charge in [-0.2, -0.15) is 0 Å². The average Bonchev–Trinajstić information content (AvgIpc) is 3.06. The van der Waals surface area contributed by atoms with E-state index in [0.717, 1.165) is 33.7 Å². The third-order valence-corrected chi connectivity index (χ3v) is 4.02. The number of rotatable bonds is 4. The van der Waals surface area contributed by atoms with Gasteiger partial charge in [0.1, 0.15) is 5.65 Å². The highest BCUT2D eigenvalue weighted by molar-refractivity contribution is 5.92. The predicted molar refractivity (Wildman–Crippen MR) is 101 cm³/mol. The number of aromatic amines is 1. The normalized spacial score (nSPS) is 10.8. The lowest BCUT2D eigenvalue weighted by atomic mass is 10.1. The first-order chi connectivity index (χ1) is 12.2. The molecule has 0 fully saturated rings. The zero-order valence-corrected chi connectivity index (χ0v) is 14.1. The van der Waals surface area contributed by atoms with Gasteiger partial charge in [0.15, 0.2) is 0 Å². The summed E-state index contributed by atoms with van der Waals surface area (Å²) >= 11 is 0. The topological polar surface area (TPSA) is 69.7 Å². The van der Waals surface area contributed by atoms with E-state index < -0.39 is 0 Å². The molecule has 124 valence electrons. The van der Waals surface area contributed by atoms with Gasteiger partial charge in [0.05, 0.1) is 5.69 Å². The number of anilines is 3. The van der Waals surface area contributed by atoms with E-state index >= 15 is 0 Å². The molecule has 2 N–H and O–H groups in total. The molecular formula is C19H18N6.